The maximum atomic E-state index is 7.62. The van der Waals surface area contributed by atoms with Crippen molar-refractivity contribution >= 4 is 33.0 Å². The summed E-state index contributed by atoms with van der Waals surface area (Å²) in [6, 6.07) is 38.1. The predicted molar refractivity (Wildman–Crippen MR) is 172 cm³/mol. The van der Waals surface area contributed by atoms with E-state index in [1.807, 2.05) is 66.7 Å². The molecule has 6 heteroatoms. The number of nitrogens with zero attached hydrogens (tertiary/aromatic N) is 4. The van der Waals surface area contributed by atoms with Crippen molar-refractivity contribution in [1.82, 2.24) is 19.9 Å². The fourth-order valence-electron chi connectivity index (χ4n) is 4.92. The Labute approximate surface area is 277 Å². The summed E-state index contributed by atoms with van der Waals surface area (Å²) in [7, 11) is 0. The number of rotatable bonds is 3. The van der Waals surface area contributed by atoms with Gasteiger partial charge in [-0.15, -0.1) is 54.1 Å². The number of aromatic nitrogens is 4. The van der Waals surface area contributed by atoms with E-state index in [-0.39, 0.29) is 37.1 Å². The van der Waals surface area contributed by atoms with E-state index >= 15 is 0 Å². The van der Waals surface area contributed by atoms with Crippen LogP contribution in [0.25, 0.3) is 66.6 Å². The van der Waals surface area contributed by atoms with Gasteiger partial charge < -0.3 is 14.4 Å². The maximum Gasteiger partial charge on any atom is 0.216 e. The molecule has 0 fully saturated rings. The Morgan fingerprint density at radius 3 is 2.50 bits per heavy atom. The number of fused-ring (bicyclic) bond motifs is 4. The van der Waals surface area contributed by atoms with Crippen molar-refractivity contribution in [2.24, 2.45) is 0 Å². The fourth-order valence-corrected chi connectivity index (χ4v) is 4.92. The van der Waals surface area contributed by atoms with Gasteiger partial charge in [0.05, 0.1) is 11.1 Å². The molecule has 5 nitrogen and oxygen atoms in total. The SMILES string of the molecule is [2H]C([2H])([2H])c1ccc(-c2[c-]cccc2)nc1.[2H]C([2H])([2H])c1ccc2c(n1)oc1c(-c3cc(-c4ccc5ncccc5c4)ccn3)[c-]ccc12.[Ir]. The summed E-state index contributed by atoms with van der Waals surface area (Å²) in [5.41, 5.74) is 7.14. The molecule has 8 rings (SSSR count). The molecule has 0 bridgehead atoms. The quantitative estimate of drug-likeness (QED) is 0.169. The van der Waals surface area contributed by atoms with Crippen molar-refractivity contribution in [3.63, 3.8) is 0 Å². The fraction of sp³-hybridized carbons (Fsp3) is 0.0526. The molecule has 0 aliphatic carbocycles. The van der Waals surface area contributed by atoms with Crippen LogP contribution in [0, 0.1) is 25.8 Å². The molecular weight excluding hydrogens is 721 g/mol. The summed E-state index contributed by atoms with van der Waals surface area (Å²) in [5.74, 6) is 0. The number of hydrogen-bond donors (Lipinski definition) is 0. The van der Waals surface area contributed by atoms with Gasteiger partial charge in [0, 0.05) is 63.4 Å². The average Bonchev–Trinajstić information content (AvgIpc) is 3.50. The van der Waals surface area contributed by atoms with Crippen molar-refractivity contribution in [2.75, 3.05) is 0 Å². The number of pyridine rings is 4. The first kappa shape index (κ1) is 22.5. The summed E-state index contributed by atoms with van der Waals surface area (Å²) >= 11 is 0. The molecular formula is C38H26IrN4O-2. The van der Waals surface area contributed by atoms with E-state index in [2.05, 4.69) is 38.1 Å². The van der Waals surface area contributed by atoms with Gasteiger partial charge in [-0.25, -0.2) is 4.98 Å². The van der Waals surface area contributed by atoms with Crippen LogP contribution in [0.15, 0.2) is 126 Å². The van der Waals surface area contributed by atoms with Gasteiger partial charge in [0.15, 0.2) is 0 Å². The Balaban J connectivity index is 0.000000215. The van der Waals surface area contributed by atoms with Crippen LogP contribution in [0.3, 0.4) is 0 Å². The molecule has 0 unspecified atom stereocenters. The molecule has 0 saturated carbocycles. The van der Waals surface area contributed by atoms with Gasteiger partial charge in [-0.3, -0.25) is 4.98 Å². The predicted octanol–water partition coefficient (Wildman–Crippen LogP) is 9.22. The molecule has 0 N–H and O–H groups in total. The molecule has 215 valence electrons. The molecule has 44 heavy (non-hydrogen) atoms. The average molecular weight is 753 g/mol. The maximum absolute atomic E-state index is 7.62. The molecule has 0 aliphatic heterocycles. The van der Waals surface area contributed by atoms with Crippen LogP contribution in [0.1, 0.15) is 19.5 Å². The third-order valence-electron chi connectivity index (χ3n) is 7.00. The van der Waals surface area contributed by atoms with E-state index in [4.69, 9.17) is 12.6 Å². The van der Waals surface area contributed by atoms with E-state index in [9.17, 15) is 0 Å². The molecule has 8 aromatic rings. The Morgan fingerprint density at radius 1 is 0.705 bits per heavy atom. The van der Waals surface area contributed by atoms with Crippen LogP contribution in [-0.2, 0) is 20.1 Å². The number of benzene rings is 3. The Morgan fingerprint density at radius 2 is 1.66 bits per heavy atom. The zero-order valence-corrected chi connectivity index (χ0v) is 25.5. The van der Waals surface area contributed by atoms with Crippen LogP contribution in [0.2, 0.25) is 0 Å². The normalized spacial score (nSPS) is 13.4. The zero-order chi connectivity index (χ0) is 34.2. The minimum atomic E-state index is -2.30. The molecule has 5 heterocycles. The van der Waals surface area contributed by atoms with Crippen molar-refractivity contribution in [3.05, 3.63) is 145 Å². The van der Waals surface area contributed by atoms with Gasteiger partial charge in [0.25, 0.3) is 0 Å². The zero-order valence-electron chi connectivity index (χ0n) is 29.1. The first-order valence-corrected chi connectivity index (χ1v) is 13.5. The summed E-state index contributed by atoms with van der Waals surface area (Å²) in [6.45, 7) is -4.39. The number of aryl methyl sites for hydroxylation is 2. The second kappa shape index (κ2) is 12.7. The smallest absolute Gasteiger partial charge is 0.216 e. The minimum Gasteiger partial charge on any atom is -0.486 e. The molecule has 5 aromatic heterocycles. The molecule has 0 spiro atoms. The second-order valence-corrected chi connectivity index (χ2v) is 9.80. The van der Waals surface area contributed by atoms with Crippen molar-refractivity contribution in [1.29, 1.82) is 0 Å². The van der Waals surface area contributed by atoms with Crippen LogP contribution in [0.4, 0.5) is 0 Å². The van der Waals surface area contributed by atoms with Gasteiger partial charge in [0.1, 0.15) is 0 Å². The largest absolute Gasteiger partial charge is 0.486 e. The van der Waals surface area contributed by atoms with Gasteiger partial charge in [0.2, 0.25) is 5.71 Å². The van der Waals surface area contributed by atoms with Gasteiger partial charge >= 0.3 is 0 Å². The third-order valence-corrected chi connectivity index (χ3v) is 7.00. The van der Waals surface area contributed by atoms with Crippen LogP contribution in [0.5, 0.6) is 0 Å². The molecule has 1 radical (unpaired) electrons. The molecule has 0 amide bonds. The monoisotopic (exact) mass is 753 g/mol. The molecule has 0 atom stereocenters. The van der Waals surface area contributed by atoms with Crippen molar-refractivity contribution < 1.29 is 32.7 Å². The Kier molecular flexibility index (Phi) is 6.48. The standard InChI is InChI=1S/C26H16N3O.C12H10N.Ir/c1-16-7-9-21-20-5-2-6-22(25(20)30-26(21)29-16)24-15-18(11-13-28-24)17-8-10-23-19(14-17)4-3-12-27-23;1-10-7-8-12(13-9-10)11-5-3-2-4-6-11;/h2-5,7-15H,1H3;2-5,7-9H,1H3;/q2*-1;/i2*1D3;. The Bertz CT molecular complexity index is 2430. The van der Waals surface area contributed by atoms with E-state index in [0.717, 1.165) is 44.1 Å². The van der Waals surface area contributed by atoms with Crippen LogP contribution in [-0.4, -0.2) is 19.9 Å². The van der Waals surface area contributed by atoms with E-state index in [1.165, 1.54) is 12.3 Å². The van der Waals surface area contributed by atoms with Gasteiger partial charge in [-0.2, -0.15) is 0 Å². The van der Waals surface area contributed by atoms with E-state index in [0.29, 0.717) is 16.8 Å². The molecule has 0 aliphatic rings. The second-order valence-electron chi connectivity index (χ2n) is 9.80. The minimum absolute atomic E-state index is 0. The van der Waals surface area contributed by atoms with E-state index < -0.39 is 13.7 Å². The first-order chi connectivity index (χ1) is 23.5. The van der Waals surface area contributed by atoms with Crippen molar-refractivity contribution in [2.45, 2.75) is 13.7 Å². The molecule has 3 aromatic carbocycles. The topological polar surface area (TPSA) is 64.7 Å². The van der Waals surface area contributed by atoms with Crippen molar-refractivity contribution in [3.8, 4) is 33.6 Å². The van der Waals surface area contributed by atoms with Gasteiger partial charge in [-0.1, -0.05) is 41.3 Å². The summed E-state index contributed by atoms with van der Waals surface area (Å²) in [5, 5.41) is 2.66. The first-order valence-electron chi connectivity index (χ1n) is 16.5. The van der Waals surface area contributed by atoms with Crippen LogP contribution < -0.4 is 0 Å². The summed E-state index contributed by atoms with van der Waals surface area (Å²) in [6.07, 6.45) is 4.94. The third kappa shape index (κ3) is 5.91. The molecule has 0 saturated heterocycles. The van der Waals surface area contributed by atoms with Crippen LogP contribution >= 0.6 is 0 Å². The van der Waals surface area contributed by atoms with E-state index in [1.54, 1.807) is 36.7 Å². The van der Waals surface area contributed by atoms with Gasteiger partial charge in [-0.05, 0) is 78.2 Å². The summed E-state index contributed by atoms with van der Waals surface area (Å²) < 4.78 is 50.6. The summed E-state index contributed by atoms with van der Waals surface area (Å²) in [4.78, 5) is 17.3. The Hall–Kier alpha value is -5.03. The number of furan rings is 1. The number of hydrogen-bond acceptors (Lipinski definition) is 5.